The molecule has 2 heteroatoms. The molecule has 1 aromatic heterocycles. The molecule has 0 unspecified atom stereocenters. The van der Waals surface area contributed by atoms with Crippen LogP contribution in [-0.4, -0.2) is 5.16 Å². The maximum Gasteiger partial charge on any atom is 0.159 e. The molecule has 0 bridgehead atoms. The van der Waals surface area contributed by atoms with Gasteiger partial charge < -0.3 is 4.52 Å². The Morgan fingerprint density at radius 3 is 2.26 bits per heavy atom. The van der Waals surface area contributed by atoms with Gasteiger partial charge in [0.2, 0.25) is 0 Å². The SMILES string of the molecule is CC(C)c1cc2c(cc1C=Cc1ccno1)C(C)(C)CC2(C)C. The molecule has 2 nitrogen and oxygen atoms in total. The van der Waals surface area contributed by atoms with Crippen molar-refractivity contribution in [1.82, 2.24) is 5.16 Å². The van der Waals surface area contributed by atoms with Crippen LogP contribution in [0, 0.1) is 0 Å². The number of hydrogen-bond acceptors (Lipinski definition) is 2. The summed E-state index contributed by atoms with van der Waals surface area (Å²) in [4.78, 5) is 0. The quantitative estimate of drug-likeness (QED) is 0.702. The predicted molar refractivity (Wildman–Crippen MR) is 96.6 cm³/mol. The van der Waals surface area contributed by atoms with Crippen molar-refractivity contribution in [1.29, 1.82) is 0 Å². The molecule has 3 rings (SSSR count). The lowest BCUT2D eigenvalue weighted by molar-refractivity contribution is 0.403. The van der Waals surface area contributed by atoms with Gasteiger partial charge in [0.15, 0.2) is 5.76 Å². The topological polar surface area (TPSA) is 26.0 Å². The molecule has 1 heterocycles. The Kier molecular flexibility index (Phi) is 3.74. The molecule has 0 radical (unpaired) electrons. The molecule has 1 aliphatic rings. The smallest absolute Gasteiger partial charge is 0.159 e. The van der Waals surface area contributed by atoms with E-state index in [4.69, 9.17) is 4.52 Å². The van der Waals surface area contributed by atoms with Gasteiger partial charge in [0.25, 0.3) is 0 Å². The Morgan fingerprint density at radius 2 is 1.70 bits per heavy atom. The summed E-state index contributed by atoms with van der Waals surface area (Å²) >= 11 is 0. The lowest BCUT2D eigenvalue weighted by Gasteiger charge is -2.22. The first kappa shape index (κ1) is 16.0. The monoisotopic (exact) mass is 309 g/mol. The van der Waals surface area contributed by atoms with Crippen LogP contribution in [0.25, 0.3) is 12.2 Å². The van der Waals surface area contributed by atoms with Crippen LogP contribution < -0.4 is 0 Å². The third-order valence-electron chi connectivity index (χ3n) is 5.07. The van der Waals surface area contributed by atoms with E-state index in [1.54, 1.807) is 6.20 Å². The minimum Gasteiger partial charge on any atom is -0.357 e. The maximum atomic E-state index is 5.19. The third kappa shape index (κ3) is 2.87. The zero-order valence-electron chi connectivity index (χ0n) is 15.1. The first-order valence-corrected chi connectivity index (χ1v) is 8.48. The predicted octanol–water partition coefficient (Wildman–Crippen LogP) is 5.93. The number of rotatable bonds is 3. The summed E-state index contributed by atoms with van der Waals surface area (Å²) in [5.74, 6) is 1.29. The van der Waals surface area contributed by atoms with Gasteiger partial charge in [-0.25, -0.2) is 0 Å². The zero-order chi connectivity index (χ0) is 16.8. The second-order valence-electron chi connectivity index (χ2n) is 8.37. The van der Waals surface area contributed by atoms with Crippen LogP contribution in [0.4, 0.5) is 0 Å². The van der Waals surface area contributed by atoms with Crippen LogP contribution in [-0.2, 0) is 10.8 Å². The molecule has 0 amide bonds. The van der Waals surface area contributed by atoms with Gasteiger partial charge >= 0.3 is 0 Å². The van der Waals surface area contributed by atoms with Crippen molar-refractivity contribution in [3.63, 3.8) is 0 Å². The van der Waals surface area contributed by atoms with E-state index in [0.717, 1.165) is 5.76 Å². The molecule has 0 fully saturated rings. The average molecular weight is 309 g/mol. The molecule has 0 N–H and O–H groups in total. The fourth-order valence-corrected chi connectivity index (χ4v) is 4.18. The highest BCUT2D eigenvalue weighted by Crippen LogP contribution is 2.50. The molecule has 0 aliphatic heterocycles. The molecular weight excluding hydrogens is 282 g/mol. The highest BCUT2D eigenvalue weighted by atomic mass is 16.5. The molecule has 0 saturated heterocycles. The first-order chi connectivity index (χ1) is 10.7. The van der Waals surface area contributed by atoms with Gasteiger partial charge in [-0.3, -0.25) is 0 Å². The summed E-state index contributed by atoms with van der Waals surface area (Å²) in [6, 6.07) is 6.72. The van der Waals surface area contributed by atoms with Gasteiger partial charge in [0.1, 0.15) is 0 Å². The summed E-state index contributed by atoms with van der Waals surface area (Å²) in [5, 5.41) is 3.77. The lowest BCUT2D eigenvalue weighted by Crippen LogP contribution is -2.18. The fourth-order valence-electron chi connectivity index (χ4n) is 4.18. The molecule has 0 atom stereocenters. The molecule has 23 heavy (non-hydrogen) atoms. The van der Waals surface area contributed by atoms with Crippen LogP contribution in [0.1, 0.15) is 81.9 Å². The summed E-state index contributed by atoms with van der Waals surface area (Å²) in [5.41, 5.74) is 6.18. The van der Waals surface area contributed by atoms with Gasteiger partial charge in [-0.2, -0.15) is 0 Å². The average Bonchev–Trinajstić information content (AvgIpc) is 3.01. The van der Waals surface area contributed by atoms with Crippen LogP contribution >= 0.6 is 0 Å². The van der Waals surface area contributed by atoms with Crippen LogP contribution in [0.2, 0.25) is 0 Å². The Bertz CT molecular complexity index is 733. The Hall–Kier alpha value is -1.83. The maximum absolute atomic E-state index is 5.19. The largest absolute Gasteiger partial charge is 0.357 e. The number of hydrogen-bond donors (Lipinski definition) is 0. The van der Waals surface area contributed by atoms with Crippen molar-refractivity contribution >= 4 is 12.2 Å². The first-order valence-electron chi connectivity index (χ1n) is 8.48. The van der Waals surface area contributed by atoms with Gasteiger partial charge in [0, 0.05) is 6.07 Å². The van der Waals surface area contributed by atoms with E-state index in [2.05, 4.69) is 64.9 Å². The molecule has 1 aromatic carbocycles. The van der Waals surface area contributed by atoms with Gasteiger partial charge in [0.05, 0.1) is 6.20 Å². The van der Waals surface area contributed by atoms with Gasteiger partial charge in [-0.15, -0.1) is 0 Å². The summed E-state index contributed by atoms with van der Waals surface area (Å²) in [7, 11) is 0. The Morgan fingerprint density at radius 1 is 1.04 bits per heavy atom. The molecular formula is C21H27NO. The van der Waals surface area contributed by atoms with Gasteiger partial charge in [-0.05, 0) is 51.5 Å². The molecule has 0 spiro atoms. The molecule has 0 saturated carbocycles. The third-order valence-corrected chi connectivity index (χ3v) is 5.07. The van der Waals surface area contributed by atoms with E-state index in [1.807, 2.05) is 12.1 Å². The van der Waals surface area contributed by atoms with E-state index >= 15 is 0 Å². The number of fused-ring (bicyclic) bond motifs is 1. The van der Waals surface area contributed by atoms with Crippen molar-refractivity contribution in [3.05, 3.63) is 52.4 Å². The van der Waals surface area contributed by atoms with E-state index in [0.29, 0.717) is 5.92 Å². The van der Waals surface area contributed by atoms with Crippen molar-refractivity contribution in [2.24, 2.45) is 0 Å². The summed E-state index contributed by atoms with van der Waals surface area (Å²) in [6.45, 7) is 14.0. The zero-order valence-corrected chi connectivity index (χ0v) is 15.1. The van der Waals surface area contributed by atoms with Crippen LogP contribution in [0.3, 0.4) is 0 Å². The fraction of sp³-hybridized carbons (Fsp3) is 0.476. The van der Waals surface area contributed by atoms with Gasteiger partial charge in [-0.1, -0.05) is 64.9 Å². The van der Waals surface area contributed by atoms with Crippen molar-refractivity contribution in [2.45, 2.75) is 64.7 Å². The summed E-state index contributed by atoms with van der Waals surface area (Å²) in [6.07, 6.45) is 7.05. The van der Waals surface area contributed by atoms with E-state index in [-0.39, 0.29) is 10.8 Å². The standard InChI is InChI=1S/C21H27NO/c1-14(2)17-12-19-18(20(3,4)13-21(19,5)6)11-15(17)7-8-16-9-10-22-23-16/h7-12,14H,13H2,1-6H3. The Balaban J connectivity index is 2.13. The molecule has 1 aliphatic carbocycles. The number of aromatic nitrogens is 1. The second kappa shape index (κ2) is 5.36. The Labute approximate surface area is 139 Å². The minimum atomic E-state index is 0.225. The van der Waals surface area contributed by atoms with E-state index in [1.165, 1.54) is 28.7 Å². The molecule has 2 aromatic rings. The summed E-state index contributed by atoms with van der Waals surface area (Å²) < 4.78 is 5.19. The van der Waals surface area contributed by atoms with Crippen molar-refractivity contribution < 1.29 is 4.52 Å². The van der Waals surface area contributed by atoms with Crippen LogP contribution in [0.15, 0.2) is 28.9 Å². The van der Waals surface area contributed by atoms with Crippen molar-refractivity contribution in [2.75, 3.05) is 0 Å². The lowest BCUT2D eigenvalue weighted by atomic mass is 9.82. The van der Waals surface area contributed by atoms with Crippen LogP contribution in [0.5, 0.6) is 0 Å². The van der Waals surface area contributed by atoms with Crippen molar-refractivity contribution in [3.8, 4) is 0 Å². The highest BCUT2D eigenvalue weighted by molar-refractivity contribution is 5.71. The number of nitrogens with zero attached hydrogens (tertiary/aromatic N) is 1. The number of benzene rings is 1. The highest BCUT2D eigenvalue weighted by Gasteiger charge is 2.42. The second-order valence-corrected chi connectivity index (χ2v) is 8.37. The van der Waals surface area contributed by atoms with E-state index in [9.17, 15) is 0 Å². The normalized spacial score (nSPS) is 18.7. The van der Waals surface area contributed by atoms with E-state index < -0.39 is 0 Å². The minimum absolute atomic E-state index is 0.225. The molecule has 122 valence electrons.